The first kappa shape index (κ1) is 14.6. The summed E-state index contributed by atoms with van der Waals surface area (Å²) in [5, 5.41) is 3.47. The van der Waals surface area contributed by atoms with E-state index in [2.05, 4.69) is 65.2 Å². The van der Waals surface area contributed by atoms with Gasteiger partial charge in [-0.3, -0.25) is 0 Å². The number of aryl methyl sites for hydroxylation is 2. The Labute approximate surface area is 122 Å². The molecule has 1 N–H and O–H groups in total. The van der Waals surface area contributed by atoms with Crippen LogP contribution in [0.2, 0.25) is 0 Å². The van der Waals surface area contributed by atoms with Gasteiger partial charge in [0.1, 0.15) is 0 Å². The molecule has 20 heavy (non-hydrogen) atoms. The molecule has 2 rings (SSSR count). The molecule has 0 aliphatic rings. The summed E-state index contributed by atoms with van der Waals surface area (Å²) in [6, 6.07) is 10.7. The summed E-state index contributed by atoms with van der Waals surface area (Å²) in [6.07, 6.45) is 4.36. The second-order valence-corrected chi connectivity index (χ2v) is 5.43. The minimum absolute atomic E-state index is 0.569. The quantitative estimate of drug-likeness (QED) is 0.817. The van der Waals surface area contributed by atoms with Crippen LogP contribution in [0.25, 0.3) is 0 Å². The average Bonchev–Trinajstić information content (AvgIpc) is 2.80. The van der Waals surface area contributed by atoms with Crippen LogP contribution in [0.15, 0.2) is 36.5 Å². The van der Waals surface area contributed by atoms with Crippen LogP contribution < -0.4 is 5.32 Å². The van der Waals surface area contributed by atoms with E-state index in [0.29, 0.717) is 5.92 Å². The molecule has 1 aromatic heterocycles. The molecule has 1 unspecified atom stereocenters. The maximum atomic E-state index is 4.55. The Bertz CT molecular complexity index is 516. The van der Waals surface area contributed by atoms with Crippen molar-refractivity contribution in [3.8, 4) is 0 Å². The fourth-order valence-corrected chi connectivity index (χ4v) is 2.45. The zero-order chi connectivity index (χ0) is 14.4. The number of aromatic nitrogens is 2. The van der Waals surface area contributed by atoms with E-state index in [1.807, 2.05) is 6.92 Å². The highest BCUT2D eigenvalue weighted by molar-refractivity contribution is 5.29. The molecule has 0 saturated heterocycles. The molecule has 1 heterocycles. The van der Waals surface area contributed by atoms with E-state index in [1.54, 1.807) is 0 Å². The van der Waals surface area contributed by atoms with Crippen LogP contribution in [-0.4, -0.2) is 16.1 Å². The molecule has 0 amide bonds. The molecule has 3 heteroatoms. The lowest BCUT2D eigenvalue weighted by atomic mass is 9.98. The molecule has 0 fully saturated rings. The van der Waals surface area contributed by atoms with Gasteiger partial charge in [-0.2, -0.15) is 0 Å². The van der Waals surface area contributed by atoms with Crippen LogP contribution in [0.4, 0.5) is 5.95 Å². The Morgan fingerprint density at radius 3 is 2.70 bits per heavy atom. The first-order chi connectivity index (χ1) is 9.70. The lowest BCUT2D eigenvalue weighted by molar-refractivity contribution is 0.667. The summed E-state index contributed by atoms with van der Waals surface area (Å²) in [7, 11) is 0. The van der Waals surface area contributed by atoms with E-state index in [4.69, 9.17) is 0 Å². The number of anilines is 1. The second kappa shape index (κ2) is 7.13. The van der Waals surface area contributed by atoms with E-state index >= 15 is 0 Å². The van der Waals surface area contributed by atoms with Crippen molar-refractivity contribution in [3.05, 3.63) is 47.8 Å². The molecular formula is C17H25N3. The van der Waals surface area contributed by atoms with Crippen molar-refractivity contribution in [3.63, 3.8) is 0 Å². The summed E-state index contributed by atoms with van der Waals surface area (Å²) in [4.78, 5) is 4.55. The average molecular weight is 271 g/mol. The maximum Gasteiger partial charge on any atom is 0.203 e. The van der Waals surface area contributed by atoms with Crippen molar-refractivity contribution in [2.45, 2.75) is 46.1 Å². The normalized spacial score (nSPS) is 12.3. The van der Waals surface area contributed by atoms with Crippen molar-refractivity contribution < 1.29 is 0 Å². The first-order valence-electron chi connectivity index (χ1n) is 7.53. The van der Waals surface area contributed by atoms with Crippen molar-refractivity contribution in [1.82, 2.24) is 9.55 Å². The Balaban J connectivity index is 1.87. The van der Waals surface area contributed by atoms with Gasteiger partial charge in [-0.1, -0.05) is 44.2 Å². The zero-order valence-electron chi connectivity index (χ0n) is 12.8. The summed E-state index contributed by atoms with van der Waals surface area (Å²) in [6.45, 7) is 8.49. The van der Waals surface area contributed by atoms with E-state index in [9.17, 15) is 0 Å². The van der Waals surface area contributed by atoms with Crippen LogP contribution in [0, 0.1) is 6.92 Å². The van der Waals surface area contributed by atoms with Crippen LogP contribution in [0.3, 0.4) is 0 Å². The minimum Gasteiger partial charge on any atom is -0.356 e. The summed E-state index contributed by atoms with van der Waals surface area (Å²) in [5.74, 6) is 1.57. The van der Waals surface area contributed by atoms with Crippen LogP contribution in [-0.2, 0) is 6.54 Å². The van der Waals surface area contributed by atoms with Gasteiger partial charge in [0, 0.05) is 19.3 Å². The van der Waals surface area contributed by atoms with Crippen molar-refractivity contribution in [2.24, 2.45) is 0 Å². The third-order valence-corrected chi connectivity index (χ3v) is 3.59. The molecule has 1 atom stereocenters. The lowest BCUT2D eigenvalue weighted by Crippen LogP contribution is -2.10. The monoisotopic (exact) mass is 271 g/mol. The number of rotatable bonds is 7. The van der Waals surface area contributed by atoms with Crippen molar-refractivity contribution in [2.75, 3.05) is 11.9 Å². The Hall–Kier alpha value is -1.77. The van der Waals surface area contributed by atoms with Gasteiger partial charge in [0.05, 0.1) is 5.69 Å². The minimum atomic E-state index is 0.569. The molecule has 2 aromatic rings. The van der Waals surface area contributed by atoms with E-state index in [-0.39, 0.29) is 0 Å². The third kappa shape index (κ3) is 3.86. The fourth-order valence-electron chi connectivity index (χ4n) is 2.45. The second-order valence-electron chi connectivity index (χ2n) is 5.43. The van der Waals surface area contributed by atoms with Gasteiger partial charge in [0.15, 0.2) is 0 Å². The highest BCUT2D eigenvalue weighted by Crippen LogP contribution is 2.18. The van der Waals surface area contributed by atoms with E-state index < -0.39 is 0 Å². The molecular weight excluding hydrogens is 246 g/mol. The van der Waals surface area contributed by atoms with Crippen molar-refractivity contribution >= 4 is 5.95 Å². The molecule has 0 saturated carbocycles. The summed E-state index contributed by atoms with van der Waals surface area (Å²) in [5.41, 5.74) is 2.49. The number of hydrogen-bond donors (Lipinski definition) is 1. The largest absolute Gasteiger partial charge is 0.356 e. The predicted octanol–water partition coefficient (Wildman–Crippen LogP) is 4.21. The number of benzene rings is 1. The molecule has 0 spiro atoms. The Kier molecular flexibility index (Phi) is 5.22. The van der Waals surface area contributed by atoms with Crippen molar-refractivity contribution in [1.29, 1.82) is 0 Å². The predicted molar refractivity (Wildman–Crippen MR) is 85.2 cm³/mol. The van der Waals surface area contributed by atoms with E-state index in [0.717, 1.165) is 37.6 Å². The molecule has 0 aliphatic carbocycles. The molecule has 1 aromatic carbocycles. The molecule has 0 radical (unpaired) electrons. The van der Waals surface area contributed by atoms with Gasteiger partial charge in [-0.05, 0) is 31.2 Å². The fraction of sp³-hybridized carbons (Fsp3) is 0.471. The van der Waals surface area contributed by atoms with E-state index in [1.165, 1.54) is 5.56 Å². The Morgan fingerprint density at radius 1 is 1.25 bits per heavy atom. The molecule has 3 nitrogen and oxygen atoms in total. The first-order valence-corrected chi connectivity index (χ1v) is 7.53. The number of imidazole rings is 1. The van der Waals surface area contributed by atoms with Gasteiger partial charge >= 0.3 is 0 Å². The third-order valence-electron chi connectivity index (χ3n) is 3.59. The van der Waals surface area contributed by atoms with Crippen LogP contribution >= 0.6 is 0 Å². The van der Waals surface area contributed by atoms with Gasteiger partial charge in [0.25, 0.3) is 0 Å². The highest BCUT2D eigenvalue weighted by atomic mass is 15.2. The molecule has 0 bridgehead atoms. The number of nitrogens with zero attached hydrogens (tertiary/aromatic N) is 2. The summed E-state index contributed by atoms with van der Waals surface area (Å²) >= 11 is 0. The highest BCUT2D eigenvalue weighted by Gasteiger charge is 2.07. The lowest BCUT2D eigenvalue weighted by Gasteiger charge is -2.13. The standard InChI is InChI=1S/C17H25N3/c1-4-12-20-13-15(3)19-17(20)18-11-10-14(2)16-8-6-5-7-9-16/h5-9,13-14H,4,10-12H2,1-3H3,(H,18,19). The topological polar surface area (TPSA) is 29.9 Å². The number of nitrogens with one attached hydrogen (secondary N) is 1. The smallest absolute Gasteiger partial charge is 0.203 e. The molecule has 108 valence electrons. The van der Waals surface area contributed by atoms with Gasteiger partial charge in [-0.25, -0.2) is 4.98 Å². The molecule has 0 aliphatic heterocycles. The maximum absolute atomic E-state index is 4.55. The van der Waals surface area contributed by atoms with Gasteiger partial charge in [0.2, 0.25) is 5.95 Å². The van der Waals surface area contributed by atoms with Gasteiger partial charge in [-0.15, -0.1) is 0 Å². The Morgan fingerprint density at radius 2 is 2.00 bits per heavy atom. The van der Waals surface area contributed by atoms with Crippen LogP contribution in [0.1, 0.15) is 43.9 Å². The van der Waals surface area contributed by atoms with Crippen LogP contribution in [0.5, 0.6) is 0 Å². The zero-order valence-corrected chi connectivity index (χ0v) is 12.8. The number of hydrogen-bond acceptors (Lipinski definition) is 2. The summed E-state index contributed by atoms with van der Waals surface area (Å²) < 4.78 is 2.21. The SMILES string of the molecule is CCCn1cc(C)nc1NCCC(C)c1ccccc1. The van der Waals surface area contributed by atoms with Gasteiger partial charge < -0.3 is 9.88 Å².